The van der Waals surface area contributed by atoms with E-state index < -0.39 is 0 Å². The first kappa shape index (κ1) is 16.8. The minimum atomic E-state index is -0.201. The second-order valence-electron chi connectivity index (χ2n) is 7.46. The van der Waals surface area contributed by atoms with E-state index in [1.807, 2.05) is 36.4 Å². The van der Waals surface area contributed by atoms with Gasteiger partial charge in [0, 0.05) is 30.2 Å². The molecule has 2 aliphatic heterocycles. The van der Waals surface area contributed by atoms with E-state index in [0.29, 0.717) is 11.7 Å². The summed E-state index contributed by atoms with van der Waals surface area (Å²) in [6, 6.07) is 13.6. The number of aromatic hydroxyl groups is 1. The molecule has 2 unspecified atom stereocenters. The van der Waals surface area contributed by atoms with Crippen molar-refractivity contribution < 1.29 is 19.9 Å². The van der Waals surface area contributed by atoms with E-state index in [2.05, 4.69) is 37.5 Å². The first-order valence-electron chi connectivity index (χ1n) is 9.00. The van der Waals surface area contributed by atoms with Crippen molar-refractivity contribution >= 4 is 5.70 Å². The van der Waals surface area contributed by atoms with Crippen molar-refractivity contribution in [2.24, 2.45) is 5.92 Å². The molecule has 5 heteroatoms. The molecular weight excluding hydrogens is 328 g/mol. The third-order valence-electron chi connectivity index (χ3n) is 5.45. The molecule has 2 aliphatic rings. The second-order valence-corrected chi connectivity index (χ2v) is 7.46. The quantitative estimate of drug-likeness (QED) is 0.794. The molecule has 2 aromatic carbocycles. The average Bonchev–Trinajstić information content (AvgIpc) is 3.09. The van der Waals surface area contributed by atoms with Crippen LogP contribution in [-0.4, -0.2) is 17.6 Å². The molecule has 4 N–H and O–H groups in total. The molecule has 0 saturated heterocycles. The fourth-order valence-corrected chi connectivity index (χ4v) is 3.49. The van der Waals surface area contributed by atoms with Gasteiger partial charge in [0.2, 0.25) is 6.79 Å². The van der Waals surface area contributed by atoms with Gasteiger partial charge in [-0.05, 0) is 30.3 Å². The molecule has 0 radical (unpaired) electrons. The molecule has 136 valence electrons. The summed E-state index contributed by atoms with van der Waals surface area (Å²) < 4.78 is 11.0. The van der Waals surface area contributed by atoms with Crippen LogP contribution in [0.4, 0.5) is 0 Å². The van der Waals surface area contributed by atoms with Crippen LogP contribution in [0, 0.1) is 5.92 Å². The number of hydrogen-bond acceptors (Lipinski definition) is 4. The maximum atomic E-state index is 10.3. The molecule has 0 spiro atoms. The molecule has 2 atom stereocenters. The van der Waals surface area contributed by atoms with E-state index in [0.717, 1.165) is 28.3 Å². The van der Waals surface area contributed by atoms with Crippen LogP contribution in [0.5, 0.6) is 17.2 Å². The van der Waals surface area contributed by atoms with Gasteiger partial charge in [-0.25, -0.2) is 0 Å². The van der Waals surface area contributed by atoms with E-state index in [-0.39, 0.29) is 18.5 Å². The lowest BCUT2D eigenvalue weighted by molar-refractivity contribution is -0.764. The molecule has 0 saturated carbocycles. The number of ether oxygens (including phenoxy) is 2. The van der Waals surface area contributed by atoms with E-state index in [4.69, 9.17) is 9.47 Å². The molecule has 4 rings (SSSR count). The molecular formula is C21H25N2O3+. The highest BCUT2D eigenvalue weighted by Gasteiger charge is 2.40. The van der Waals surface area contributed by atoms with E-state index in [9.17, 15) is 5.11 Å². The summed E-state index contributed by atoms with van der Waals surface area (Å²) in [5.41, 5.74) is 2.80. The maximum absolute atomic E-state index is 10.3. The van der Waals surface area contributed by atoms with Crippen LogP contribution < -0.4 is 20.1 Å². The topological polar surface area (TPSA) is 67.3 Å². The van der Waals surface area contributed by atoms with Crippen molar-refractivity contribution in [2.75, 3.05) is 6.79 Å². The number of para-hydroxylation sites is 1. The molecule has 26 heavy (non-hydrogen) atoms. The summed E-state index contributed by atoms with van der Waals surface area (Å²) in [5.74, 6) is 2.25. The van der Waals surface area contributed by atoms with Gasteiger partial charge in [0.15, 0.2) is 17.2 Å². The van der Waals surface area contributed by atoms with Gasteiger partial charge in [-0.15, -0.1) is 0 Å². The molecule has 0 bridgehead atoms. The Morgan fingerprint density at radius 2 is 1.92 bits per heavy atom. The number of nitrogens with one attached hydrogen (secondary N) is 1. The predicted octanol–water partition coefficient (Wildman–Crippen LogP) is 2.74. The Labute approximate surface area is 153 Å². The van der Waals surface area contributed by atoms with Gasteiger partial charge in [-0.2, -0.15) is 0 Å². The standard InChI is InChI=1S/C21H24N2O3/c1-13(2)21(3)22-16(14-8-9-19-20(10-14)26-12-25-19)11-17(23-21)15-6-4-5-7-18(15)24/h4-11,13,17,22-24H,12H2,1-3H3/p+1. The van der Waals surface area contributed by atoms with Crippen molar-refractivity contribution in [3.05, 3.63) is 59.7 Å². The molecule has 0 aliphatic carbocycles. The van der Waals surface area contributed by atoms with Gasteiger partial charge in [-0.3, -0.25) is 0 Å². The Balaban J connectivity index is 1.77. The molecule has 2 aromatic rings. The summed E-state index contributed by atoms with van der Waals surface area (Å²) in [4.78, 5) is 0. The van der Waals surface area contributed by atoms with Crippen LogP contribution in [-0.2, 0) is 0 Å². The highest BCUT2D eigenvalue weighted by atomic mass is 16.7. The molecule has 0 amide bonds. The summed E-state index contributed by atoms with van der Waals surface area (Å²) in [6.45, 7) is 6.87. The minimum absolute atomic E-state index is 0.0188. The summed E-state index contributed by atoms with van der Waals surface area (Å²) in [5, 5.41) is 16.3. The van der Waals surface area contributed by atoms with Crippen molar-refractivity contribution in [1.29, 1.82) is 0 Å². The first-order chi connectivity index (χ1) is 12.5. The van der Waals surface area contributed by atoms with Crippen LogP contribution in [0.15, 0.2) is 48.5 Å². The van der Waals surface area contributed by atoms with Crippen molar-refractivity contribution in [3.8, 4) is 17.2 Å². The van der Waals surface area contributed by atoms with Gasteiger partial charge >= 0.3 is 0 Å². The number of nitrogens with two attached hydrogens (primary N) is 1. The highest BCUT2D eigenvalue weighted by molar-refractivity contribution is 5.69. The maximum Gasteiger partial charge on any atom is 0.231 e. The zero-order valence-corrected chi connectivity index (χ0v) is 15.3. The third kappa shape index (κ3) is 2.88. The van der Waals surface area contributed by atoms with Crippen molar-refractivity contribution in [2.45, 2.75) is 32.5 Å². The Hall–Kier alpha value is -2.66. The fraction of sp³-hybridized carbons (Fsp3) is 0.333. The molecule has 0 aromatic heterocycles. The minimum Gasteiger partial charge on any atom is -0.507 e. The lowest BCUT2D eigenvalue weighted by Crippen LogP contribution is -3.02. The Kier molecular flexibility index (Phi) is 4.04. The van der Waals surface area contributed by atoms with Crippen LogP contribution in [0.1, 0.15) is 37.9 Å². The second kappa shape index (κ2) is 6.25. The number of phenolic OH excluding ortho intramolecular Hbond substituents is 1. The molecule has 2 heterocycles. The monoisotopic (exact) mass is 353 g/mol. The van der Waals surface area contributed by atoms with Crippen molar-refractivity contribution in [3.63, 3.8) is 0 Å². The van der Waals surface area contributed by atoms with Crippen molar-refractivity contribution in [1.82, 2.24) is 5.32 Å². The molecule has 0 fully saturated rings. The Morgan fingerprint density at radius 3 is 2.69 bits per heavy atom. The van der Waals surface area contributed by atoms with Gasteiger partial charge in [-0.1, -0.05) is 26.0 Å². The third-order valence-corrected chi connectivity index (χ3v) is 5.45. The summed E-state index contributed by atoms with van der Waals surface area (Å²) in [6.07, 6.45) is 2.16. The lowest BCUT2D eigenvalue weighted by atomic mass is 9.90. The highest BCUT2D eigenvalue weighted by Crippen LogP contribution is 2.36. The summed E-state index contributed by atoms with van der Waals surface area (Å²) in [7, 11) is 0. The number of benzene rings is 2. The number of phenols is 1. The lowest BCUT2D eigenvalue weighted by Gasteiger charge is -2.40. The largest absolute Gasteiger partial charge is 0.507 e. The van der Waals surface area contributed by atoms with Crippen LogP contribution in [0.25, 0.3) is 5.70 Å². The van der Waals surface area contributed by atoms with Gasteiger partial charge in [0.05, 0.1) is 5.56 Å². The van der Waals surface area contributed by atoms with Crippen LogP contribution in [0.2, 0.25) is 0 Å². The molecule has 5 nitrogen and oxygen atoms in total. The Bertz CT molecular complexity index is 862. The number of fused-ring (bicyclic) bond motifs is 1. The van der Waals surface area contributed by atoms with E-state index in [1.54, 1.807) is 6.07 Å². The number of rotatable bonds is 3. The van der Waals surface area contributed by atoms with E-state index >= 15 is 0 Å². The fourth-order valence-electron chi connectivity index (χ4n) is 3.49. The zero-order valence-electron chi connectivity index (χ0n) is 15.3. The predicted molar refractivity (Wildman–Crippen MR) is 99.7 cm³/mol. The van der Waals surface area contributed by atoms with Gasteiger partial charge < -0.3 is 25.2 Å². The SMILES string of the molecule is CC(C)C1(C)NC(c2ccc3c(c2)OCO3)=CC(c2ccccc2O)[NH2+]1. The zero-order chi connectivity index (χ0) is 18.3. The normalized spacial score (nSPS) is 24.3. The van der Waals surface area contributed by atoms with E-state index in [1.165, 1.54) is 0 Å². The smallest absolute Gasteiger partial charge is 0.231 e. The van der Waals surface area contributed by atoms with Crippen LogP contribution in [0.3, 0.4) is 0 Å². The van der Waals surface area contributed by atoms with Crippen LogP contribution >= 0.6 is 0 Å². The van der Waals surface area contributed by atoms with Gasteiger partial charge in [0.25, 0.3) is 0 Å². The summed E-state index contributed by atoms with van der Waals surface area (Å²) >= 11 is 0. The number of quaternary nitrogens is 1. The Morgan fingerprint density at radius 1 is 1.15 bits per heavy atom. The first-order valence-corrected chi connectivity index (χ1v) is 9.00. The van der Waals surface area contributed by atoms with Gasteiger partial charge in [0.1, 0.15) is 11.8 Å². The average molecular weight is 353 g/mol. The number of hydrogen-bond donors (Lipinski definition) is 3.